The molecular weight excluding hydrogens is 435 g/mol. The molecule has 1 fully saturated rings. The van der Waals surface area contributed by atoms with Crippen LogP contribution in [-0.4, -0.2) is 63.4 Å². The normalized spacial score (nSPS) is 20.6. The van der Waals surface area contributed by atoms with Gasteiger partial charge in [-0.15, -0.1) is 0 Å². The number of fused-ring (bicyclic) bond motifs is 1. The van der Waals surface area contributed by atoms with Crippen molar-refractivity contribution in [3.05, 3.63) is 59.4 Å². The van der Waals surface area contributed by atoms with Crippen molar-refractivity contribution in [3.8, 4) is 17.3 Å². The van der Waals surface area contributed by atoms with Crippen LogP contribution in [0.2, 0.25) is 0 Å². The smallest absolute Gasteiger partial charge is 0.213 e. The number of likely N-dealkylation sites (tertiary alicyclic amines) is 1. The largest absolute Gasteiger partial charge is 0.481 e. The molecule has 0 unspecified atom stereocenters. The fourth-order valence-electron chi connectivity index (χ4n) is 5.04. The molecule has 0 amide bonds. The Balaban J connectivity index is 1.31. The monoisotopic (exact) mass is 462 g/mol. The lowest BCUT2D eigenvalue weighted by atomic mass is 9.86. The number of hydrogen-bond donors (Lipinski definition) is 1. The molecule has 8 nitrogen and oxygen atoms in total. The van der Waals surface area contributed by atoms with Gasteiger partial charge in [-0.3, -0.25) is 4.90 Å². The van der Waals surface area contributed by atoms with Crippen molar-refractivity contribution in [3.63, 3.8) is 0 Å². The van der Waals surface area contributed by atoms with Crippen molar-refractivity contribution in [2.24, 2.45) is 0 Å². The third-order valence-electron chi connectivity index (χ3n) is 6.88. The minimum absolute atomic E-state index is 0.112. The van der Waals surface area contributed by atoms with Crippen LogP contribution < -0.4 is 10.1 Å². The zero-order chi connectivity index (χ0) is 23.7. The highest BCUT2D eigenvalue weighted by Gasteiger charge is 2.41. The zero-order valence-electron chi connectivity index (χ0n) is 19.3. The van der Waals surface area contributed by atoms with E-state index in [1.54, 1.807) is 18.5 Å². The Bertz CT molecular complexity index is 1210. The van der Waals surface area contributed by atoms with Crippen molar-refractivity contribution in [2.45, 2.75) is 37.6 Å². The summed E-state index contributed by atoms with van der Waals surface area (Å²) in [4.78, 5) is 31.6. The lowest BCUT2D eigenvalue weighted by Crippen LogP contribution is -2.45. The van der Waals surface area contributed by atoms with E-state index >= 15 is 0 Å². The van der Waals surface area contributed by atoms with E-state index in [0.717, 1.165) is 67.5 Å². The van der Waals surface area contributed by atoms with Gasteiger partial charge in [-0.2, -0.15) is 0 Å². The molecule has 0 bridgehead atoms. The first-order valence-electron chi connectivity index (χ1n) is 11.4. The third-order valence-corrected chi connectivity index (χ3v) is 6.88. The quantitative estimate of drug-likeness (QED) is 0.559. The Morgan fingerprint density at radius 3 is 2.85 bits per heavy atom. The first-order chi connectivity index (χ1) is 16.5. The number of nitrogens with zero attached hydrogens (tertiary/aromatic N) is 5. The number of rotatable bonds is 6. The fourth-order valence-corrected chi connectivity index (χ4v) is 5.04. The number of aldehydes is 1. The zero-order valence-corrected chi connectivity index (χ0v) is 19.3. The number of anilines is 1. The predicted molar refractivity (Wildman–Crippen MR) is 125 cm³/mol. The molecule has 3 aromatic heterocycles. The molecule has 0 radical (unpaired) electrons. The number of aromatic nitrogens is 4. The van der Waals surface area contributed by atoms with Gasteiger partial charge in [0, 0.05) is 49.2 Å². The van der Waals surface area contributed by atoms with Crippen LogP contribution in [0.25, 0.3) is 11.4 Å². The van der Waals surface area contributed by atoms with E-state index in [9.17, 15) is 9.18 Å². The molecule has 9 heteroatoms. The van der Waals surface area contributed by atoms with Gasteiger partial charge in [-0.05, 0) is 43.9 Å². The molecule has 34 heavy (non-hydrogen) atoms. The average Bonchev–Trinajstić information content (AvgIpc) is 3.24. The topological polar surface area (TPSA) is 93.1 Å². The Labute approximate surface area is 197 Å². The summed E-state index contributed by atoms with van der Waals surface area (Å²) < 4.78 is 19.5. The van der Waals surface area contributed by atoms with Crippen molar-refractivity contribution in [1.82, 2.24) is 24.8 Å². The SMILES string of the molecule is COc1cc([C@@H](C=O)CN2CC[C@@]3(CCc4cc(-c5ncccn5)c(C)nc4N3)C2)c(F)cn1. The second kappa shape index (κ2) is 9.06. The van der Waals surface area contributed by atoms with Gasteiger partial charge >= 0.3 is 0 Å². The molecule has 1 N–H and O–H groups in total. The number of aryl methyl sites for hydroxylation is 2. The molecular formula is C25H27FN6O2. The summed E-state index contributed by atoms with van der Waals surface area (Å²) in [6.07, 6.45) is 8.19. The molecule has 0 aliphatic carbocycles. The highest BCUT2D eigenvalue weighted by atomic mass is 19.1. The molecule has 2 aliphatic heterocycles. The van der Waals surface area contributed by atoms with E-state index < -0.39 is 11.7 Å². The number of hydrogen-bond acceptors (Lipinski definition) is 8. The average molecular weight is 463 g/mol. The number of nitrogens with one attached hydrogen (secondary N) is 1. The summed E-state index contributed by atoms with van der Waals surface area (Å²) in [6.45, 7) is 4.01. The predicted octanol–water partition coefficient (Wildman–Crippen LogP) is 3.18. The number of ether oxygens (including phenoxy) is 1. The van der Waals surface area contributed by atoms with Gasteiger partial charge in [0.05, 0.1) is 30.5 Å². The van der Waals surface area contributed by atoms with E-state index in [4.69, 9.17) is 9.72 Å². The second-order valence-corrected chi connectivity index (χ2v) is 9.08. The molecule has 1 saturated heterocycles. The fraction of sp³-hybridized carbons (Fsp3) is 0.400. The number of carbonyl (C=O) groups excluding carboxylic acids is 1. The summed E-state index contributed by atoms with van der Waals surface area (Å²) in [5.41, 5.74) is 3.20. The molecule has 3 aromatic rings. The minimum atomic E-state index is -0.586. The number of halogens is 1. The summed E-state index contributed by atoms with van der Waals surface area (Å²) in [5.74, 6) is 0.809. The van der Waals surface area contributed by atoms with Gasteiger partial charge in [0.25, 0.3) is 0 Å². The van der Waals surface area contributed by atoms with Crippen LogP contribution in [-0.2, 0) is 11.2 Å². The second-order valence-electron chi connectivity index (χ2n) is 9.08. The van der Waals surface area contributed by atoms with Crippen molar-refractivity contribution in [1.29, 1.82) is 0 Å². The minimum Gasteiger partial charge on any atom is -0.481 e. The Kier molecular flexibility index (Phi) is 5.95. The Morgan fingerprint density at radius 2 is 2.09 bits per heavy atom. The van der Waals surface area contributed by atoms with Crippen LogP contribution in [0, 0.1) is 12.7 Å². The standard InChI is InChI=1S/C25H27FN6O2/c1-16-19(24-27-7-3-8-28-24)10-17-4-5-25(31-23(17)30-16)6-9-32(15-25)13-18(14-33)20-11-22(34-2)29-12-21(20)26/h3,7-8,10-12,14,18H,4-6,9,13,15H2,1-2H3,(H,30,31)/t18-,25+/m1/s1. The van der Waals surface area contributed by atoms with Crippen LogP contribution in [0.5, 0.6) is 5.88 Å². The highest BCUT2D eigenvalue weighted by Crippen LogP contribution is 2.38. The summed E-state index contributed by atoms with van der Waals surface area (Å²) in [5, 5.41) is 3.70. The van der Waals surface area contributed by atoms with Gasteiger partial charge in [0.1, 0.15) is 17.9 Å². The molecule has 176 valence electrons. The maximum absolute atomic E-state index is 14.4. The number of carbonyl (C=O) groups is 1. The van der Waals surface area contributed by atoms with E-state index in [-0.39, 0.29) is 5.54 Å². The maximum atomic E-state index is 14.4. The van der Waals surface area contributed by atoms with Crippen LogP contribution in [0.3, 0.4) is 0 Å². The Hall–Kier alpha value is -3.46. The summed E-state index contributed by atoms with van der Waals surface area (Å²) in [7, 11) is 1.47. The van der Waals surface area contributed by atoms with Crippen LogP contribution in [0.1, 0.15) is 35.6 Å². The van der Waals surface area contributed by atoms with Crippen LogP contribution in [0.15, 0.2) is 36.8 Å². The molecule has 2 aliphatic rings. The molecule has 5 heterocycles. The molecule has 1 spiro atoms. The van der Waals surface area contributed by atoms with E-state index in [1.807, 2.05) is 6.92 Å². The van der Waals surface area contributed by atoms with E-state index in [0.29, 0.717) is 23.8 Å². The maximum Gasteiger partial charge on any atom is 0.213 e. The van der Waals surface area contributed by atoms with Gasteiger partial charge in [-0.1, -0.05) is 0 Å². The van der Waals surface area contributed by atoms with Gasteiger partial charge in [-0.25, -0.2) is 24.3 Å². The molecule has 0 saturated carbocycles. The number of pyridine rings is 2. The number of methoxy groups -OCH3 is 1. The lowest BCUT2D eigenvalue weighted by molar-refractivity contribution is -0.109. The molecule has 0 aromatic carbocycles. The lowest BCUT2D eigenvalue weighted by Gasteiger charge is -2.37. The first-order valence-corrected chi connectivity index (χ1v) is 11.4. The van der Waals surface area contributed by atoms with Crippen LogP contribution in [0.4, 0.5) is 10.2 Å². The third kappa shape index (κ3) is 4.23. The summed E-state index contributed by atoms with van der Waals surface area (Å²) >= 11 is 0. The van der Waals surface area contributed by atoms with Crippen molar-refractivity contribution in [2.75, 3.05) is 32.1 Å². The summed E-state index contributed by atoms with van der Waals surface area (Å²) in [6, 6.07) is 5.45. The molecule has 2 atom stereocenters. The highest BCUT2D eigenvalue weighted by molar-refractivity contribution is 5.65. The van der Waals surface area contributed by atoms with Gasteiger partial charge in [0.2, 0.25) is 5.88 Å². The van der Waals surface area contributed by atoms with Crippen molar-refractivity contribution >= 4 is 12.1 Å². The van der Waals surface area contributed by atoms with E-state index in [1.165, 1.54) is 13.2 Å². The van der Waals surface area contributed by atoms with Gasteiger partial charge in [0.15, 0.2) is 5.82 Å². The van der Waals surface area contributed by atoms with Gasteiger partial charge < -0.3 is 14.8 Å². The van der Waals surface area contributed by atoms with Crippen LogP contribution >= 0.6 is 0 Å². The van der Waals surface area contributed by atoms with Crippen molar-refractivity contribution < 1.29 is 13.9 Å². The van der Waals surface area contributed by atoms with E-state index in [2.05, 4.69) is 31.2 Å². The first kappa shape index (κ1) is 22.3. The Morgan fingerprint density at radius 1 is 1.26 bits per heavy atom. The molecule has 5 rings (SSSR count).